The second-order valence-corrected chi connectivity index (χ2v) is 5.40. The summed E-state index contributed by atoms with van der Waals surface area (Å²) in [6, 6.07) is 11.9. The van der Waals surface area contributed by atoms with Crippen molar-refractivity contribution in [2.45, 2.75) is 13.1 Å². The summed E-state index contributed by atoms with van der Waals surface area (Å²) in [6.45, 7) is 2.05. The molecule has 27 heavy (non-hydrogen) atoms. The van der Waals surface area contributed by atoms with E-state index in [1.165, 1.54) is 6.07 Å². The first kappa shape index (κ1) is 20.6. The number of rotatable bonds is 9. The van der Waals surface area contributed by atoms with Gasteiger partial charge >= 0.3 is 6.18 Å². The Bertz CT molecular complexity index is 735. The molecule has 146 valence electrons. The highest BCUT2D eigenvalue weighted by Crippen LogP contribution is 2.35. The Labute approximate surface area is 155 Å². The van der Waals surface area contributed by atoms with Gasteiger partial charge in [-0.3, -0.25) is 4.79 Å². The van der Waals surface area contributed by atoms with E-state index in [9.17, 15) is 18.0 Å². The van der Waals surface area contributed by atoms with Crippen LogP contribution in [0.3, 0.4) is 0 Å². The largest absolute Gasteiger partial charge is 0.490 e. The second kappa shape index (κ2) is 9.82. The maximum atomic E-state index is 12.9. The van der Waals surface area contributed by atoms with Crippen LogP contribution in [0.15, 0.2) is 48.5 Å². The van der Waals surface area contributed by atoms with Crippen molar-refractivity contribution in [3.05, 3.63) is 54.1 Å². The van der Waals surface area contributed by atoms with E-state index in [0.717, 1.165) is 12.1 Å². The predicted molar refractivity (Wildman–Crippen MR) is 94.0 cm³/mol. The highest BCUT2D eigenvalue weighted by molar-refractivity contribution is 5.93. The Hall–Kier alpha value is -2.74. The molecule has 0 fully saturated rings. The van der Waals surface area contributed by atoms with Crippen LogP contribution in [0.1, 0.15) is 12.5 Å². The lowest BCUT2D eigenvalue weighted by Gasteiger charge is -2.15. The number of nitrogens with one attached hydrogen (secondary N) is 1. The minimum atomic E-state index is -4.53. The number of carbonyl (C=O) groups excluding carboxylic acids is 1. The molecule has 2 rings (SSSR count). The highest BCUT2D eigenvalue weighted by atomic mass is 19.4. The van der Waals surface area contributed by atoms with Gasteiger partial charge in [-0.25, -0.2) is 0 Å². The van der Waals surface area contributed by atoms with Gasteiger partial charge < -0.3 is 19.5 Å². The van der Waals surface area contributed by atoms with Crippen molar-refractivity contribution >= 4 is 11.6 Å². The highest BCUT2D eigenvalue weighted by Gasteiger charge is 2.31. The number of hydrogen-bond acceptors (Lipinski definition) is 4. The fourth-order valence-electron chi connectivity index (χ4n) is 2.14. The Morgan fingerprint density at radius 3 is 2.41 bits per heavy atom. The first-order valence-corrected chi connectivity index (χ1v) is 8.29. The van der Waals surface area contributed by atoms with Crippen LogP contribution in [0.25, 0.3) is 0 Å². The third kappa shape index (κ3) is 6.82. The summed E-state index contributed by atoms with van der Waals surface area (Å²) in [5.74, 6) is 0.199. The van der Waals surface area contributed by atoms with E-state index in [2.05, 4.69) is 5.32 Å². The van der Waals surface area contributed by atoms with Gasteiger partial charge in [0.25, 0.3) is 0 Å². The van der Waals surface area contributed by atoms with Gasteiger partial charge in [-0.1, -0.05) is 18.2 Å². The van der Waals surface area contributed by atoms with Gasteiger partial charge in [-0.05, 0) is 37.3 Å². The zero-order valence-corrected chi connectivity index (χ0v) is 14.7. The lowest BCUT2D eigenvalue weighted by molar-refractivity contribution is -0.137. The predicted octanol–water partition coefficient (Wildman–Crippen LogP) is 4.14. The maximum absolute atomic E-state index is 12.9. The smallest absolute Gasteiger partial charge is 0.416 e. The molecule has 0 aromatic heterocycles. The average molecular weight is 383 g/mol. The number of benzene rings is 2. The topological polar surface area (TPSA) is 56.8 Å². The maximum Gasteiger partial charge on any atom is 0.416 e. The zero-order valence-electron chi connectivity index (χ0n) is 14.7. The summed E-state index contributed by atoms with van der Waals surface area (Å²) in [4.78, 5) is 11.8. The van der Waals surface area contributed by atoms with Crippen LogP contribution in [-0.2, 0) is 15.7 Å². The van der Waals surface area contributed by atoms with Gasteiger partial charge in [0.2, 0.25) is 5.91 Å². The molecule has 1 N–H and O–H groups in total. The summed E-state index contributed by atoms with van der Waals surface area (Å²) < 4.78 is 54.7. The lowest BCUT2D eigenvalue weighted by Crippen LogP contribution is -2.20. The van der Waals surface area contributed by atoms with Crippen molar-refractivity contribution < 1.29 is 32.2 Å². The fourth-order valence-corrected chi connectivity index (χ4v) is 2.14. The zero-order chi connectivity index (χ0) is 19.7. The molecule has 0 aliphatic heterocycles. The van der Waals surface area contributed by atoms with E-state index in [1.54, 1.807) is 19.1 Å². The molecule has 0 atom stereocenters. The van der Waals surface area contributed by atoms with Gasteiger partial charge in [0.05, 0.1) is 11.3 Å². The van der Waals surface area contributed by atoms with E-state index in [1.807, 2.05) is 18.2 Å². The molecule has 0 saturated carbocycles. The van der Waals surface area contributed by atoms with Crippen molar-refractivity contribution in [3.8, 4) is 11.5 Å². The number of halogens is 3. The summed E-state index contributed by atoms with van der Waals surface area (Å²) in [5, 5.41) is 2.39. The van der Waals surface area contributed by atoms with Crippen LogP contribution in [-0.4, -0.2) is 32.3 Å². The summed E-state index contributed by atoms with van der Waals surface area (Å²) in [6.07, 6.45) is -4.53. The SMILES string of the molecule is CCOCC(=O)Nc1cc(C(F)(F)F)ccc1OCCOc1ccccc1. The normalized spacial score (nSPS) is 11.1. The van der Waals surface area contributed by atoms with Crippen molar-refractivity contribution in [3.63, 3.8) is 0 Å². The van der Waals surface area contributed by atoms with E-state index < -0.39 is 17.6 Å². The van der Waals surface area contributed by atoms with Crippen LogP contribution in [0.4, 0.5) is 18.9 Å². The molecule has 0 spiro atoms. The monoisotopic (exact) mass is 383 g/mol. The van der Waals surface area contributed by atoms with Gasteiger partial charge in [0.1, 0.15) is 31.3 Å². The van der Waals surface area contributed by atoms with Crippen molar-refractivity contribution in [1.82, 2.24) is 0 Å². The molecular weight excluding hydrogens is 363 g/mol. The summed E-state index contributed by atoms with van der Waals surface area (Å²) >= 11 is 0. The Morgan fingerprint density at radius 2 is 1.74 bits per heavy atom. The molecule has 8 heteroatoms. The Kier molecular flexibility index (Phi) is 7.48. The second-order valence-electron chi connectivity index (χ2n) is 5.40. The van der Waals surface area contributed by atoms with Crippen LogP contribution in [0.2, 0.25) is 0 Å². The molecule has 0 unspecified atom stereocenters. The van der Waals surface area contributed by atoms with Crippen molar-refractivity contribution in [1.29, 1.82) is 0 Å². The van der Waals surface area contributed by atoms with Crippen LogP contribution in [0, 0.1) is 0 Å². The molecule has 0 saturated heterocycles. The first-order valence-electron chi connectivity index (χ1n) is 8.29. The van der Waals surface area contributed by atoms with E-state index in [4.69, 9.17) is 14.2 Å². The van der Waals surface area contributed by atoms with Crippen LogP contribution >= 0.6 is 0 Å². The lowest BCUT2D eigenvalue weighted by atomic mass is 10.1. The van der Waals surface area contributed by atoms with Crippen molar-refractivity contribution in [2.75, 3.05) is 31.7 Å². The number of carbonyl (C=O) groups is 1. The number of hydrogen-bond donors (Lipinski definition) is 1. The summed E-state index contributed by atoms with van der Waals surface area (Å²) in [5.41, 5.74) is -0.962. The molecule has 0 aliphatic carbocycles. The molecule has 0 radical (unpaired) electrons. The quantitative estimate of drug-likeness (QED) is 0.662. The number of alkyl halides is 3. The number of amides is 1. The number of anilines is 1. The number of ether oxygens (including phenoxy) is 3. The Balaban J connectivity index is 2.03. The molecule has 2 aromatic carbocycles. The first-order chi connectivity index (χ1) is 12.9. The van der Waals surface area contributed by atoms with E-state index in [0.29, 0.717) is 12.4 Å². The molecule has 2 aromatic rings. The van der Waals surface area contributed by atoms with Gasteiger partial charge in [0, 0.05) is 6.61 Å². The molecule has 1 amide bonds. The van der Waals surface area contributed by atoms with E-state index >= 15 is 0 Å². The van der Waals surface area contributed by atoms with Gasteiger partial charge in [-0.15, -0.1) is 0 Å². The molecule has 0 heterocycles. The average Bonchev–Trinajstić information content (AvgIpc) is 2.64. The van der Waals surface area contributed by atoms with Crippen LogP contribution in [0.5, 0.6) is 11.5 Å². The van der Waals surface area contributed by atoms with Gasteiger partial charge in [-0.2, -0.15) is 13.2 Å². The molecular formula is C19H20F3NO4. The standard InChI is InChI=1S/C19H20F3NO4/c1-2-25-13-18(24)23-16-12-14(19(20,21)22)8-9-17(16)27-11-10-26-15-6-4-3-5-7-15/h3-9,12H,2,10-11,13H2,1H3,(H,23,24). The third-order valence-electron chi connectivity index (χ3n) is 3.37. The minimum absolute atomic E-state index is 0.0748. The van der Waals surface area contributed by atoms with Crippen molar-refractivity contribution in [2.24, 2.45) is 0 Å². The minimum Gasteiger partial charge on any atom is -0.490 e. The Morgan fingerprint density at radius 1 is 1.04 bits per heavy atom. The number of para-hydroxylation sites is 1. The molecule has 0 bridgehead atoms. The van der Waals surface area contributed by atoms with Gasteiger partial charge in [0.15, 0.2) is 0 Å². The fraction of sp³-hybridized carbons (Fsp3) is 0.316. The van der Waals surface area contributed by atoms with Crippen LogP contribution < -0.4 is 14.8 Å². The molecule has 0 aliphatic rings. The molecule has 5 nitrogen and oxygen atoms in total. The summed E-state index contributed by atoms with van der Waals surface area (Å²) in [7, 11) is 0. The van der Waals surface area contributed by atoms with E-state index in [-0.39, 0.29) is 31.3 Å². The third-order valence-corrected chi connectivity index (χ3v) is 3.37.